The lowest BCUT2D eigenvalue weighted by Gasteiger charge is -2.17. The molecule has 0 saturated carbocycles. The molecule has 0 spiro atoms. The van der Waals surface area contributed by atoms with Gasteiger partial charge >= 0.3 is 0 Å². The Hall–Kier alpha value is -1.65. The SMILES string of the molecule is COCC(C)Oc1cc(CNC(C)C)nc2ccccc12. The largest absolute Gasteiger partial charge is 0.488 e. The third-order valence-electron chi connectivity index (χ3n) is 3.15. The standard InChI is InChI=1S/C17H24N2O2/c1-12(2)18-10-14-9-17(21-13(3)11-20-4)15-7-5-6-8-16(15)19-14/h5-9,12-13,18H,10-11H2,1-4H3. The third kappa shape index (κ3) is 4.41. The van der Waals surface area contributed by atoms with Gasteiger partial charge in [0.2, 0.25) is 0 Å². The van der Waals surface area contributed by atoms with Gasteiger partial charge in [0.15, 0.2) is 0 Å². The molecule has 1 aromatic heterocycles. The Bertz CT molecular complexity index is 584. The number of para-hydroxylation sites is 1. The highest BCUT2D eigenvalue weighted by atomic mass is 16.5. The molecule has 0 amide bonds. The molecule has 0 aliphatic rings. The number of fused-ring (bicyclic) bond motifs is 1. The molecule has 0 bridgehead atoms. The third-order valence-corrected chi connectivity index (χ3v) is 3.15. The monoisotopic (exact) mass is 288 g/mol. The van der Waals surface area contributed by atoms with Crippen LogP contribution >= 0.6 is 0 Å². The molecule has 1 heterocycles. The van der Waals surface area contributed by atoms with E-state index in [-0.39, 0.29) is 6.10 Å². The van der Waals surface area contributed by atoms with E-state index in [2.05, 4.69) is 24.1 Å². The van der Waals surface area contributed by atoms with Gasteiger partial charge in [0.1, 0.15) is 11.9 Å². The molecule has 4 heteroatoms. The van der Waals surface area contributed by atoms with Crippen LogP contribution in [0.15, 0.2) is 30.3 Å². The molecule has 0 saturated heterocycles. The summed E-state index contributed by atoms with van der Waals surface area (Å²) in [4.78, 5) is 4.69. The van der Waals surface area contributed by atoms with Crippen LogP contribution in [0.5, 0.6) is 5.75 Å². The number of nitrogens with one attached hydrogen (secondary N) is 1. The van der Waals surface area contributed by atoms with Crippen LogP contribution in [0.2, 0.25) is 0 Å². The molecule has 4 nitrogen and oxygen atoms in total. The fourth-order valence-corrected chi connectivity index (χ4v) is 2.18. The van der Waals surface area contributed by atoms with Crippen LogP contribution in [0.1, 0.15) is 26.5 Å². The van der Waals surface area contributed by atoms with Gasteiger partial charge in [-0.2, -0.15) is 0 Å². The van der Waals surface area contributed by atoms with Gasteiger partial charge in [-0.25, -0.2) is 0 Å². The minimum Gasteiger partial charge on any atom is -0.488 e. The van der Waals surface area contributed by atoms with Gasteiger partial charge in [-0.05, 0) is 19.1 Å². The maximum Gasteiger partial charge on any atom is 0.131 e. The van der Waals surface area contributed by atoms with Crippen molar-refractivity contribution in [1.82, 2.24) is 10.3 Å². The summed E-state index contributed by atoms with van der Waals surface area (Å²) in [5.74, 6) is 0.866. The first-order chi connectivity index (χ1) is 10.1. The first-order valence-corrected chi connectivity index (χ1v) is 7.37. The van der Waals surface area contributed by atoms with E-state index in [1.165, 1.54) is 0 Å². The smallest absolute Gasteiger partial charge is 0.131 e. The number of hydrogen-bond acceptors (Lipinski definition) is 4. The Morgan fingerprint density at radius 3 is 2.67 bits per heavy atom. The van der Waals surface area contributed by atoms with E-state index in [0.29, 0.717) is 12.6 Å². The predicted octanol–water partition coefficient (Wildman–Crippen LogP) is 3.15. The first-order valence-electron chi connectivity index (χ1n) is 7.37. The number of methoxy groups -OCH3 is 1. The van der Waals surface area contributed by atoms with Gasteiger partial charge in [0.05, 0.1) is 17.8 Å². The van der Waals surface area contributed by atoms with Gasteiger partial charge in [-0.3, -0.25) is 4.98 Å². The van der Waals surface area contributed by atoms with Gasteiger partial charge < -0.3 is 14.8 Å². The number of nitrogens with zero attached hydrogens (tertiary/aromatic N) is 1. The molecule has 1 aromatic carbocycles. The number of pyridine rings is 1. The van der Waals surface area contributed by atoms with Gasteiger partial charge in [-0.1, -0.05) is 26.0 Å². The second kappa shape index (κ2) is 7.38. The molecular formula is C17H24N2O2. The zero-order valence-electron chi connectivity index (χ0n) is 13.2. The minimum absolute atomic E-state index is 0.00622. The van der Waals surface area contributed by atoms with Crippen LogP contribution in [0.3, 0.4) is 0 Å². The second-order valence-corrected chi connectivity index (χ2v) is 5.55. The Morgan fingerprint density at radius 1 is 1.19 bits per heavy atom. The molecule has 2 aromatic rings. The summed E-state index contributed by atoms with van der Waals surface area (Å²) in [7, 11) is 1.68. The van der Waals surface area contributed by atoms with E-state index in [4.69, 9.17) is 9.47 Å². The highest BCUT2D eigenvalue weighted by Gasteiger charge is 2.10. The van der Waals surface area contributed by atoms with Crippen molar-refractivity contribution in [2.75, 3.05) is 13.7 Å². The summed E-state index contributed by atoms with van der Waals surface area (Å²) in [5.41, 5.74) is 1.95. The summed E-state index contributed by atoms with van der Waals surface area (Å²) in [5, 5.41) is 4.43. The molecule has 1 N–H and O–H groups in total. The number of hydrogen-bond donors (Lipinski definition) is 1. The van der Waals surface area contributed by atoms with Crippen molar-refractivity contribution in [3.05, 3.63) is 36.0 Å². The van der Waals surface area contributed by atoms with Crippen molar-refractivity contribution < 1.29 is 9.47 Å². The van der Waals surface area contributed by atoms with E-state index in [9.17, 15) is 0 Å². The predicted molar refractivity (Wildman–Crippen MR) is 85.7 cm³/mol. The molecule has 1 atom stereocenters. The Morgan fingerprint density at radius 2 is 1.95 bits per heavy atom. The van der Waals surface area contributed by atoms with Crippen molar-refractivity contribution in [2.45, 2.75) is 39.5 Å². The van der Waals surface area contributed by atoms with Crippen LogP contribution in [-0.4, -0.2) is 30.8 Å². The summed E-state index contributed by atoms with van der Waals surface area (Å²) in [6.45, 7) is 7.55. The van der Waals surface area contributed by atoms with E-state index in [0.717, 1.165) is 28.9 Å². The van der Waals surface area contributed by atoms with Crippen LogP contribution in [0.25, 0.3) is 10.9 Å². The van der Waals surface area contributed by atoms with Gasteiger partial charge in [0.25, 0.3) is 0 Å². The fourth-order valence-electron chi connectivity index (χ4n) is 2.18. The molecule has 114 valence electrons. The molecule has 0 radical (unpaired) electrons. The topological polar surface area (TPSA) is 43.4 Å². The molecule has 0 fully saturated rings. The highest BCUT2D eigenvalue weighted by Crippen LogP contribution is 2.26. The molecule has 0 aliphatic heterocycles. The molecule has 0 aliphatic carbocycles. The highest BCUT2D eigenvalue weighted by molar-refractivity contribution is 5.85. The molecule has 2 rings (SSSR count). The molecular weight excluding hydrogens is 264 g/mol. The van der Waals surface area contributed by atoms with Crippen LogP contribution in [-0.2, 0) is 11.3 Å². The Balaban J connectivity index is 2.31. The quantitative estimate of drug-likeness (QED) is 0.850. The lowest BCUT2D eigenvalue weighted by Crippen LogP contribution is -2.23. The van der Waals surface area contributed by atoms with Gasteiger partial charge in [0, 0.05) is 31.1 Å². The zero-order valence-corrected chi connectivity index (χ0v) is 13.2. The lowest BCUT2D eigenvalue weighted by atomic mass is 10.1. The second-order valence-electron chi connectivity index (χ2n) is 5.55. The zero-order chi connectivity index (χ0) is 15.2. The van der Waals surface area contributed by atoms with Crippen LogP contribution in [0.4, 0.5) is 0 Å². The van der Waals surface area contributed by atoms with Crippen LogP contribution in [0, 0.1) is 0 Å². The summed E-state index contributed by atoms with van der Waals surface area (Å²) < 4.78 is 11.2. The average Bonchev–Trinajstić information content (AvgIpc) is 2.45. The van der Waals surface area contributed by atoms with Crippen molar-refractivity contribution in [2.24, 2.45) is 0 Å². The maximum atomic E-state index is 6.02. The number of rotatable bonds is 7. The van der Waals surface area contributed by atoms with Crippen molar-refractivity contribution in [1.29, 1.82) is 0 Å². The van der Waals surface area contributed by atoms with Crippen LogP contribution < -0.4 is 10.1 Å². The fraction of sp³-hybridized carbons (Fsp3) is 0.471. The summed E-state index contributed by atoms with van der Waals surface area (Å²) in [6, 6.07) is 10.5. The lowest BCUT2D eigenvalue weighted by molar-refractivity contribution is 0.0930. The number of aromatic nitrogens is 1. The maximum absolute atomic E-state index is 6.02. The van der Waals surface area contributed by atoms with Crippen molar-refractivity contribution in [3.63, 3.8) is 0 Å². The Kier molecular flexibility index (Phi) is 5.53. The van der Waals surface area contributed by atoms with E-state index >= 15 is 0 Å². The summed E-state index contributed by atoms with van der Waals surface area (Å²) in [6.07, 6.45) is 0.00622. The van der Waals surface area contributed by atoms with E-state index < -0.39 is 0 Å². The minimum atomic E-state index is 0.00622. The molecule has 1 unspecified atom stereocenters. The van der Waals surface area contributed by atoms with E-state index in [1.807, 2.05) is 37.3 Å². The number of ether oxygens (including phenoxy) is 2. The average molecular weight is 288 g/mol. The van der Waals surface area contributed by atoms with Crippen molar-refractivity contribution in [3.8, 4) is 5.75 Å². The van der Waals surface area contributed by atoms with Crippen molar-refractivity contribution >= 4 is 10.9 Å². The summed E-state index contributed by atoms with van der Waals surface area (Å²) >= 11 is 0. The first kappa shape index (κ1) is 15.7. The molecule has 21 heavy (non-hydrogen) atoms. The number of benzene rings is 1. The Labute approximate surface area is 126 Å². The van der Waals surface area contributed by atoms with E-state index in [1.54, 1.807) is 7.11 Å². The van der Waals surface area contributed by atoms with Gasteiger partial charge in [-0.15, -0.1) is 0 Å². The normalized spacial score (nSPS) is 12.8.